The molecule has 2 aliphatic rings. The van der Waals surface area contributed by atoms with Crippen molar-refractivity contribution in [2.45, 2.75) is 18.9 Å². The van der Waals surface area contributed by atoms with E-state index in [1.54, 1.807) is 31.0 Å². The highest BCUT2D eigenvalue weighted by Gasteiger charge is 2.35. The molecule has 0 bridgehead atoms. The van der Waals surface area contributed by atoms with E-state index in [0.29, 0.717) is 41.3 Å². The molecule has 1 saturated carbocycles. The first-order chi connectivity index (χ1) is 14.7. The van der Waals surface area contributed by atoms with Gasteiger partial charge in [-0.1, -0.05) is 0 Å². The Balaban J connectivity index is 1.47. The number of hydrogen-bond acceptors (Lipinski definition) is 6. The summed E-state index contributed by atoms with van der Waals surface area (Å²) < 4.78 is 12.5. The molecule has 1 aliphatic heterocycles. The minimum atomic E-state index is -0.0362. The van der Waals surface area contributed by atoms with Gasteiger partial charge in [-0.3, -0.25) is 4.79 Å². The molecule has 1 N–H and O–H groups in total. The van der Waals surface area contributed by atoms with Crippen molar-refractivity contribution in [2.24, 2.45) is 5.92 Å². The van der Waals surface area contributed by atoms with E-state index >= 15 is 0 Å². The van der Waals surface area contributed by atoms with Gasteiger partial charge in [-0.15, -0.1) is 0 Å². The van der Waals surface area contributed by atoms with Crippen molar-refractivity contribution >= 4 is 11.6 Å². The Morgan fingerprint density at radius 3 is 2.73 bits per heavy atom. The second kappa shape index (κ2) is 7.60. The lowest BCUT2D eigenvalue weighted by molar-refractivity contribution is 0.0688. The number of carbonyl (C=O) groups excluding carboxylic acids is 1. The molecule has 0 unspecified atom stereocenters. The fraction of sp³-hybridized carbons (Fsp3) is 0.409. The summed E-state index contributed by atoms with van der Waals surface area (Å²) >= 11 is 0. The molecule has 0 spiro atoms. The molecule has 8 nitrogen and oxygen atoms in total. The van der Waals surface area contributed by atoms with Crippen LogP contribution in [0, 0.1) is 5.92 Å². The van der Waals surface area contributed by atoms with Crippen molar-refractivity contribution in [2.75, 3.05) is 33.9 Å². The second-order valence-corrected chi connectivity index (χ2v) is 7.85. The molecule has 1 aromatic carbocycles. The van der Waals surface area contributed by atoms with E-state index in [-0.39, 0.29) is 5.91 Å². The first kappa shape index (κ1) is 18.9. The van der Waals surface area contributed by atoms with Crippen LogP contribution < -0.4 is 14.8 Å². The number of amides is 1. The van der Waals surface area contributed by atoms with Crippen molar-refractivity contribution < 1.29 is 14.3 Å². The molecule has 0 radical (unpaired) electrons. The summed E-state index contributed by atoms with van der Waals surface area (Å²) in [6, 6.07) is 9.74. The van der Waals surface area contributed by atoms with Gasteiger partial charge in [0.15, 0.2) is 22.8 Å². The summed E-state index contributed by atoms with van der Waals surface area (Å²) in [5.74, 6) is 1.97. The molecule has 1 aliphatic carbocycles. The van der Waals surface area contributed by atoms with Crippen molar-refractivity contribution in [1.82, 2.24) is 24.8 Å². The van der Waals surface area contributed by atoms with Crippen LogP contribution in [0.3, 0.4) is 0 Å². The Morgan fingerprint density at radius 2 is 1.97 bits per heavy atom. The number of piperazine rings is 1. The number of nitrogens with zero attached hydrogens (tertiary/aromatic N) is 4. The van der Waals surface area contributed by atoms with Gasteiger partial charge in [0.1, 0.15) is 0 Å². The topological polar surface area (TPSA) is 81.0 Å². The zero-order valence-electron chi connectivity index (χ0n) is 17.2. The molecule has 1 atom stereocenters. The van der Waals surface area contributed by atoms with E-state index in [1.807, 2.05) is 29.2 Å². The van der Waals surface area contributed by atoms with Gasteiger partial charge in [0.25, 0.3) is 5.91 Å². The number of carbonyl (C=O) groups is 1. The lowest BCUT2D eigenvalue weighted by Gasteiger charge is -2.33. The molecular weight excluding hydrogens is 382 g/mol. The van der Waals surface area contributed by atoms with Crippen molar-refractivity contribution in [1.29, 1.82) is 0 Å². The van der Waals surface area contributed by atoms with Crippen LogP contribution in [0.1, 0.15) is 23.3 Å². The molecule has 1 saturated heterocycles. The van der Waals surface area contributed by atoms with Crippen LogP contribution in [0.15, 0.2) is 36.5 Å². The number of rotatable bonds is 5. The molecule has 2 aromatic heterocycles. The summed E-state index contributed by atoms with van der Waals surface area (Å²) in [5.41, 5.74) is 2.79. The maximum atomic E-state index is 13.1. The SMILES string of the molecule is COc1ccc(-c2ccnc3cc(C(=O)N4CCN[C@@H](C5CC5)C4)nn23)cc1OC. The van der Waals surface area contributed by atoms with Gasteiger partial charge in [-0.2, -0.15) is 5.10 Å². The molecule has 8 heteroatoms. The third-order valence-electron chi connectivity index (χ3n) is 5.94. The van der Waals surface area contributed by atoms with Gasteiger partial charge in [0.05, 0.1) is 19.9 Å². The summed E-state index contributed by atoms with van der Waals surface area (Å²) in [7, 11) is 3.22. The van der Waals surface area contributed by atoms with Gasteiger partial charge in [-0.25, -0.2) is 9.50 Å². The highest BCUT2D eigenvalue weighted by atomic mass is 16.5. The van der Waals surface area contributed by atoms with Crippen LogP contribution in [-0.4, -0.2) is 65.3 Å². The van der Waals surface area contributed by atoms with Gasteiger partial charge in [0.2, 0.25) is 0 Å². The first-order valence-electron chi connectivity index (χ1n) is 10.3. The number of benzene rings is 1. The number of hydrogen-bond donors (Lipinski definition) is 1. The summed E-state index contributed by atoms with van der Waals surface area (Å²) in [4.78, 5) is 19.5. The van der Waals surface area contributed by atoms with Crippen molar-refractivity contribution in [3.63, 3.8) is 0 Å². The molecule has 156 valence electrons. The van der Waals surface area contributed by atoms with E-state index in [2.05, 4.69) is 15.4 Å². The fourth-order valence-corrected chi connectivity index (χ4v) is 4.15. The highest BCUT2D eigenvalue weighted by Crippen LogP contribution is 2.34. The average molecular weight is 407 g/mol. The Labute approximate surface area is 174 Å². The van der Waals surface area contributed by atoms with E-state index in [9.17, 15) is 4.79 Å². The van der Waals surface area contributed by atoms with E-state index in [1.165, 1.54) is 12.8 Å². The second-order valence-electron chi connectivity index (χ2n) is 7.85. The molecular formula is C22H25N5O3. The zero-order chi connectivity index (χ0) is 20.7. The monoisotopic (exact) mass is 407 g/mol. The standard InChI is InChI=1S/C22H25N5O3/c1-29-19-6-5-15(11-20(19)30-2)18-7-8-24-21-12-16(25-27(18)21)22(28)26-10-9-23-17(13-26)14-3-4-14/h5-8,11-12,14,17,23H,3-4,9-10,13H2,1-2H3/t17-/m1/s1. The lowest BCUT2D eigenvalue weighted by atomic mass is 10.1. The highest BCUT2D eigenvalue weighted by molar-refractivity contribution is 5.93. The Kier molecular flexibility index (Phi) is 4.78. The molecule has 3 aromatic rings. The van der Waals surface area contributed by atoms with Crippen molar-refractivity contribution in [3.05, 3.63) is 42.2 Å². The largest absolute Gasteiger partial charge is 0.493 e. The Hall–Kier alpha value is -3.13. The normalized spacial score (nSPS) is 19.1. The predicted octanol–water partition coefficient (Wildman–Crippen LogP) is 2.24. The molecule has 5 rings (SSSR count). The van der Waals surface area contributed by atoms with Crippen LogP contribution in [0.2, 0.25) is 0 Å². The van der Waals surface area contributed by atoms with Gasteiger partial charge < -0.3 is 19.7 Å². The summed E-state index contributed by atoms with van der Waals surface area (Å²) in [5, 5.41) is 8.16. The number of nitrogens with one attached hydrogen (secondary N) is 1. The average Bonchev–Trinajstić information content (AvgIpc) is 3.56. The maximum Gasteiger partial charge on any atom is 0.274 e. The number of fused-ring (bicyclic) bond motifs is 1. The molecule has 3 heterocycles. The molecule has 2 fully saturated rings. The Bertz CT molecular complexity index is 1090. The smallest absolute Gasteiger partial charge is 0.274 e. The minimum absolute atomic E-state index is 0.0362. The Morgan fingerprint density at radius 1 is 1.13 bits per heavy atom. The quantitative estimate of drug-likeness (QED) is 0.699. The number of ether oxygens (including phenoxy) is 2. The third kappa shape index (κ3) is 3.37. The minimum Gasteiger partial charge on any atom is -0.493 e. The molecule has 30 heavy (non-hydrogen) atoms. The molecule has 1 amide bonds. The first-order valence-corrected chi connectivity index (χ1v) is 10.3. The third-order valence-corrected chi connectivity index (χ3v) is 5.94. The fourth-order valence-electron chi connectivity index (χ4n) is 4.15. The predicted molar refractivity (Wildman–Crippen MR) is 112 cm³/mol. The number of aromatic nitrogens is 3. The van der Waals surface area contributed by atoms with Crippen LogP contribution in [0.25, 0.3) is 16.9 Å². The van der Waals surface area contributed by atoms with Crippen LogP contribution in [-0.2, 0) is 0 Å². The zero-order valence-corrected chi connectivity index (χ0v) is 17.2. The van der Waals surface area contributed by atoms with Crippen LogP contribution in [0.4, 0.5) is 0 Å². The van der Waals surface area contributed by atoms with E-state index in [0.717, 1.165) is 24.3 Å². The van der Waals surface area contributed by atoms with Gasteiger partial charge >= 0.3 is 0 Å². The van der Waals surface area contributed by atoms with Crippen LogP contribution >= 0.6 is 0 Å². The lowest BCUT2D eigenvalue weighted by Crippen LogP contribution is -2.53. The number of methoxy groups -OCH3 is 2. The van der Waals surface area contributed by atoms with Gasteiger partial charge in [0, 0.05) is 43.5 Å². The van der Waals surface area contributed by atoms with Gasteiger partial charge in [-0.05, 0) is 43.0 Å². The maximum absolute atomic E-state index is 13.1. The van der Waals surface area contributed by atoms with Crippen molar-refractivity contribution in [3.8, 4) is 22.8 Å². The summed E-state index contributed by atoms with van der Waals surface area (Å²) in [6.45, 7) is 2.27. The van der Waals surface area contributed by atoms with Crippen LogP contribution in [0.5, 0.6) is 11.5 Å². The summed E-state index contributed by atoms with van der Waals surface area (Å²) in [6.07, 6.45) is 4.24. The van der Waals surface area contributed by atoms with E-state index in [4.69, 9.17) is 9.47 Å². The van der Waals surface area contributed by atoms with E-state index < -0.39 is 0 Å².